The molecular weight excluding hydrogens is 266 g/mol. The fraction of sp³-hybridized carbons (Fsp3) is 0.0833. The van der Waals surface area contributed by atoms with Crippen molar-refractivity contribution in [1.29, 1.82) is 0 Å². The summed E-state index contributed by atoms with van der Waals surface area (Å²) in [6.07, 6.45) is 1.10. The Balaban J connectivity index is 2.26. The van der Waals surface area contributed by atoms with Gasteiger partial charge in [-0.15, -0.1) is 0 Å². The van der Waals surface area contributed by atoms with Crippen molar-refractivity contribution in [3.63, 3.8) is 0 Å². The molecule has 0 bridgehead atoms. The van der Waals surface area contributed by atoms with Crippen LogP contribution in [0.5, 0.6) is 0 Å². The van der Waals surface area contributed by atoms with Crippen LogP contribution in [0.15, 0.2) is 46.3 Å². The molecular formula is C12H11N3O3S. The minimum Gasteiger partial charge on any atom is -0.466 e. The van der Waals surface area contributed by atoms with Crippen LogP contribution in [0.25, 0.3) is 0 Å². The number of aliphatic imine (C=N–C) groups is 1. The standard InChI is InChI=1S/C12H11N3O3S/c1-18-10(16)7-9-11(17)15(13)12(19-9)14-8-5-3-2-4-6-8/h2-7H,13H2,1H3/b9-7+,14-12?. The van der Waals surface area contributed by atoms with E-state index >= 15 is 0 Å². The summed E-state index contributed by atoms with van der Waals surface area (Å²) in [5, 5.41) is 1.22. The van der Waals surface area contributed by atoms with Crippen LogP contribution in [-0.2, 0) is 14.3 Å². The molecule has 19 heavy (non-hydrogen) atoms. The molecule has 0 saturated carbocycles. The summed E-state index contributed by atoms with van der Waals surface area (Å²) in [4.78, 5) is 27.3. The largest absolute Gasteiger partial charge is 0.466 e. The molecule has 0 radical (unpaired) electrons. The molecule has 0 atom stereocenters. The van der Waals surface area contributed by atoms with Crippen LogP contribution in [0.4, 0.5) is 5.69 Å². The molecule has 1 saturated heterocycles. The zero-order valence-electron chi connectivity index (χ0n) is 10.1. The zero-order valence-corrected chi connectivity index (χ0v) is 10.9. The molecule has 98 valence electrons. The highest BCUT2D eigenvalue weighted by atomic mass is 32.2. The van der Waals surface area contributed by atoms with Gasteiger partial charge in [0, 0.05) is 6.08 Å². The number of thioether (sulfide) groups is 1. The number of nitrogens with two attached hydrogens (primary N) is 1. The van der Waals surface area contributed by atoms with Gasteiger partial charge in [0.2, 0.25) is 0 Å². The normalized spacial score (nSPS) is 19.3. The number of hydrazine groups is 1. The molecule has 0 aliphatic carbocycles. The summed E-state index contributed by atoms with van der Waals surface area (Å²) in [6.45, 7) is 0. The van der Waals surface area contributed by atoms with Crippen LogP contribution in [-0.4, -0.2) is 29.2 Å². The molecule has 1 aromatic rings. The number of ether oxygens (including phenoxy) is 1. The van der Waals surface area contributed by atoms with Crippen molar-refractivity contribution >= 4 is 34.5 Å². The highest BCUT2D eigenvalue weighted by molar-refractivity contribution is 8.18. The predicted molar refractivity (Wildman–Crippen MR) is 72.3 cm³/mol. The van der Waals surface area contributed by atoms with Crippen LogP contribution in [0, 0.1) is 0 Å². The van der Waals surface area contributed by atoms with Gasteiger partial charge in [-0.2, -0.15) is 0 Å². The summed E-state index contributed by atoms with van der Waals surface area (Å²) < 4.78 is 4.47. The summed E-state index contributed by atoms with van der Waals surface area (Å²) in [5.74, 6) is 4.53. The molecule has 6 nitrogen and oxygen atoms in total. The van der Waals surface area contributed by atoms with Crippen LogP contribution < -0.4 is 5.84 Å². The second-order valence-corrected chi connectivity index (χ2v) is 4.55. The first-order valence-electron chi connectivity index (χ1n) is 5.32. The Morgan fingerprint density at radius 1 is 1.42 bits per heavy atom. The number of esters is 1. The second kappa shape index (κ2) is 5.68. The van der Waals surface area contributed by atoms with Gasteiger partial charge >= 0.3 is 5.97 Å². The number of nitrogens with zero attached hydrogens (tertiary/aromatic N) is 2. The number of amides is 1. The number of hydrogen-bond donors (Lipinski definition) is 1. The maximum Gasteiger partial charge on any atom is 0.331 e. The fourth-order valence-corrected chi connectivity index (χ4v) is 2.21. The second-order valence-electron chi connectivity index (χ2n) is 3.54. The van der Waals surface area contributed by atoms with Crippen LogP contribution in [0.1, 0.15) is 0 Å². The molecule has 2 rings (SSSR count). The molecule has 1 heterocycles. The number of rotatable bonds is 2. The molecule has 1 fully saturated rings. The first-order valence-corrected chi connectivity index (χ1v) is 6.14. The molecule has 1 aromatic carbocycles. The fourth-order valence-electron chi connectivity index (χ4n) is 1.34. The Morgan fingerprint density at radius 2 is 2.11 bits per heavy atom. The van der Waals surface area contributed by atoms with Crippen molar-refractivity contribution in [2.45, 2.75) is 0 Å². The van der Waals surface area contributed by atoms with Crippen LogP contribution in [0.2, 0.25) is 0 Å². The summed E-state index contributed by atoms with van der Waals surface area (Å²) in [5.41, 5.74) is 0.674. The third-order valence-electron chi connectivity index (χ3n) is 2.27. The first kappa shape index (κ1) is 13.3. The average Bonchev–Trinajstić information content (AvgIpc) is 2.68. The third kappa shape index (κ3) is 3.01. The smallest absolute Gasteiger partial charge is 0.331 e. The van der Waals surface area contributed by atoms with Gasteiger partial charge in [0.1, 0.15) is 0 Å². The van der Waals surface area contributed by atoms with Gasteiger partial charge in [-0.25, -0.2) is 20.6 Å². The highest BCUT2D eigenvalue weighted by Gasteiger charge is 2.32. The van der Waals surface area contributed by atoms with E-state index in [1.165, 1.54) is 7.11 Å². The molecule has 0 unspecified atom stereocenters. The van der Waals surface area contributed by atoms with E-state index in [0.717, 1.165) is 22.8 Å². The van der Waals surface area contributed by atoms with Gasteiger partial charge in [-0.3, -0.25) is 4.79 Å². The van der Waals surface area contributed by atoms with E-state index in [-0.39, 0.29) is 4.91 Å². The number of hydrogen-bond acceptors (Lipinski definition) is 6. The number of amidine groups is 1. The van der Waals surface area contributed by atoms with Gasteiger partial charge in [0.15, 0.2) is 5.17 Å². The number of carbonyl (C=O) groups is 2. The van der Waals surface area contributed by atoms with Crippen molar-refractivity contribution in [3.05, 3.63) is 41.3 Å². The quantitative estimate of drug-likeness (QED) is 0.380. The lowest BCUT2D eigenvalue weighted by Crippen LogP contribution is -2.35. The lowest BCUT2D eigenvalue weighted by Gasteiger charge is -2.06. The van der Waals surface area contributed by atoms with Crippen LogP contribution in [0.3, 0.4) is 0 Å². The maximum absolute atomic E-state index is 11.8. The van der Waals surface area contributed by atoms with E-state index in [1.54, 1.807) is 12.1 Å². The van der Waals surface area contributed by atoms with E-state index < -0.39 is 11.9 Å². The Hall–Kier alpha value is -2.12. The summed E-state index contributed by atoms with van der Waals surface area (Å²) in [7, 11) is 1.24. The zero-order chi connectivity index (χ0) is 13.8. The topological polar surface area (TPSA) is 85.0 Å². The minimum absolute atomic E-state index is 0.184. The number of benzene rings is 1. The predicted octanol–water partition coefficient (Wildman–Crippen LogP) is 1.18. The Bertz CT molecular complexity index is 569. The van der Waals surface area contributed by atoms with Gasteiger partial charge in [0.05, 0.1) is 17.7 Å². The maximum atomic E-state index is 11.8. The molecule has 2 N–H and O–H groups in total. The molecule has 0 aromatic heterocycles. The van der Waals surface area contributed by atoms with Gasteiger partial charge in [-0.05, 0) is 23.9 Å². The number of para-hydroxylation sites is 1. The van der Waals surface area contributed by atoms with E-state index in [1.807, 2.05) is 18.2 Å². The monoisotopic (exact) mass is 277 g/mol. The highest BCUT2D eigenvalue weighted by Crippen LogP contribution is 2.30. The minimum atomic E-state index is -0.606. The first-order chi connectivity index (χ1) is 9.11. The Labute approximate surface area is 113 Å². The number of carbonyl (C=O) groups excluding carboxylic acids is 2. The molecule has 1 amide bonds. The summed E-state index contributed by atoms with van der Waals surface area (Å²) in [6, 6.07) is 9.08. The average molecular weight is 277 g/mol. The van der Waals surface area contributed by atoms with E-state index in [0.29, 0.717) is 10.9 Å². The molecule has 7 heteroatoms. The van der Waals surface area contributed by atoms with E-state index in [9.17, 15) is 9.59 Å². The molecule has 1 aliphatic rings. The van der Waals surface area contributed by atoms with E-state index in [2.05, 4.69) is 9.73 Å². The van der Waals surface area contributed by atoms with Gasteiger partial charge in [-0.1, -0.05) is 18.2 Å². The van der Waals surface area contributed by atoms with E-state index in [4.69, 9.17) is 5.84 Å². The third-order valence-corrected chi connectivity index (χ3v) is 3.25. The SMILES string of the molecule is COC(=O)/C=C1/SC(=Nc2ccccc2)N(N)C1=O. The van der Waals surface area contributed by atoms with Gasteiger partial charge in [0.25, 0.3) is 5.91 Å². The lowest BCUT2D eigenvalue weighted by molar-refractivity contribution is -0.135. The molecule has 0 spiro atoms. The summed E-state index contributed by atoms with van der Waals surface area (Å²) >= 11 is 1.03. The molecule has 1 aliphatic heterocycles. The number of methoxy groups -OCH3 is 1. The van der Waals surface area contributed by atoms with Crippen molar-refractivity contribution in [3.8, 4) is 0 Å². The van der Waals surface area contributed by atoms with Gasteiger partial charge < -0.3 is 4.74 Å². The Kier molecular flexibility index (Phi) is 3.98. The Morgan fingerprint density at radius 3 is 2.74 bits per heavy atom. The lowest BCUT2D eigenvalue weighted by atomic mass is 10.3. The van der Waals surface area contributed by atoms with Crippen molar-refractivity contribution in [2.24, 2.45) is 10.8 Å². The van der Waals surface area contributed by atoms with Crippen molar-refractivity contribution in [2.75, 3.05) is 7.11 Å². The van der Waals surface area contributed by atoms with Crippen molar-refractivity contribution in [1.82, 2.24) is 5.01 Å². The van der Waals surface area contributed by atoms with Crippen LogP contribution >= 0.6 is 11.8 Å². The van der Waals surface area contributed by atoms with Crippen molar-refractivity contribution < 1.29 is 14.3 Å².